The minimum Gasteiger partial charge on any atom is -0.466 e. The maximum atomic E-state index is 12.0. The van der Waals surface area contributed by atoms with Gasteiger partial charge in [0.1, 0.15) is 0 Å². The van der Waals surface area contributed by atoms with E-state index in [1.807, 2.05) is 0 Å². The van der Waals surface area contributed by atoms with Crippen LogP contribution in [0.3, 0.4) is 0 Å². The molecule has 2 nitrogen and oxygen atoms in total. The normalized spacial score (nSPS) is 11.5. The summed E-state index contributed by atoms with van der Waals surface area (Å²) in [5.74, 6) is 0.0328. The van der Waals surface area contributed by atoms with Gasteiger partial charge in [-0.05, 0) is 12.8 Å². The van der Waals surface area contributed by atoms with Crippen LogP contribution in [0.4, 0.5) is 0 Å². The molecule has 2 heteroatoms. The predicted octanol–water partition coefficient (Wildman–Crippen LogP) is 17.0. The van der Waals surface area contributed by atoms with E-state index in [4.69, 9.17) is 4.74 Å². The lowest BCUT2D eigenvalue weighted by Crippen LogP contribution is -2.05. The second-order valence-corrected chi connectivity index (χ2v) is 15.8. The van der Waals surface area contributed by atoms with Crippen LogP contribution in [0.2, 0.25) is 0 Å². The monoisotopic (exact) mass is 677 g/mol. The first-order valence-electron chi connectivity index (χ1n) is 23.0. The highest BCUT2D eigenvalue weighted by atomic mass is 16.5. The van der Waals surface area contributed by atoms with E-state index in [1.165, 1.54) is 250 Å². The molecule has 0 fully saturated rings. The second kappa shape index (κ2) is 44.5. The fourth-order valence-electron chi connectivity index (χ4n) is 7.32. The zero-order valence-corrected chi connectivity index (χ0v) is 33.7. The third kappa shape index (κ3) is 43.5. The molecule has 0 saturated carbocycles. The van der Waals surface area contributed by atoms with Crippen LogP contribution in [0.1, 0.15) is 284 Å². The van der Waals surface area contributed by atoms with Gasteiger partial charge in [-0.2, -0.15) is 0 Å². The van der Waals surface area contributed by atoms with Crippen molar-refractivity contribution in [3.05, 3.63) is 0 Å². The summed E-state index contributed by atoms with van der Waals surface area (Å²) in [4.78, 5) is 12.0. The quantitative estimate of drug-likeness (QED) is 0.0474. The number of rotatable bonds is 43. The molecule has 288 valence electrons. The van der Waals surface area contributed by atoms with Crippen LogP contribution in [-0.2, 0) is 9.53 Å². The Labute approximate surface area is 304 Å². The van der Waals surface area contributed by atoms with E-state index in [1.54, 1.807) is 0 Å². The third-order valence-electron chi connectivity index (χ3n) is 10.7. The first-order chi connectivity index (χ1) is 23.8. The lowest BCUT2D eigenvalue weighted by Gasteiger charge is -2.06. The largest absolute Gasteiger partial charge is 0.466 e. The Balaban J connectivity index is 3.14. The molecule has 0 aliphatic rings. The molecule has 0 saturated heterocycles. The molecule has 0 amide bonds. The number of carbonyl (C=O) groups is 1. The van der Waals surface area contributed by atoms with Gasteiger partial charge in [0.05, 0.1) is 6.61 Å². The number of ether oxygens (including phenoxy) is 1. The second-order valence-electron chi connectivity index (χ2n) is 15.8. The standard InChI is InChI=1S/C46H92O2/c1-3-5-7-9-11-13-15-17-19-21-23-24-25-27-29-31-33-35-37-39-41-43-45-48-46(47)44-42-40-38-36-34-32-30-28-26-22-20-18-16-14-12-10-8-6-4-2/h3-45H2,1-2H3. The molecule has 48 heavy (non-hydrogen) atoms. The highest BCUT2D eigenvalue weighted by Gasteiger charge is 2.03. The van der Waals surface area contributed by atoms with Gasteiger partial charge in [-0.3, -0.25) is 4.79 Å². The Bertz CT molecular complexity index is 572. The zero-order valence-electron chi connectivity index (χ0n) is 33.7. The van der Waals surface area contributed by atoms with Crippen LogP contribution >= 0.6 is 0 Å². The number of unbranched alkanes of at least 4 members (excludes halogenated alkanes) is 39. The first-order valence-corrected chi connectivity index (χ1v) is 23.0. The Morgan fingerprint density at radius 2 is 0.458 bits per heavy atom. The minimum absolute atomic E-state index is 0.0328. The lowest BCUT2D eigenvalue weighted by atomic mass is 10.0. The first kappa shape index (κ1) is 47.5. The summed E-state index contributed by atoms with van der Waals surface area (Å²) in [7, 11) is 0. The molecule has 0 N–H and O–H groups in total. The van der Waals surface area contributed by atoms with Crippen molar-refractivity contribution in [2.24, 2.45) is 0 Å². The zero-order chi connectivity index (χ0) is 34.7. The van der Waals surface area contributed by atoms with Crippen molar-refractivity contribution in [3.8, 4) is 0 Å². The van der Waals surface area contributed by atoms with Crippen LogP contribution in [-0.4, -0.2) is 12.6 Å². The maximum absolute atomic E-state index is 12.0. The summed E-state index contributed by atoms with van der Waals surface area (Å²) in [6, 6.07) is 0. The molecule has 0 bridgehead atoms. The molecular formula is C46H92O2. The van der Waals surface area contributed by atoms with E-state index in [0.717, 1.165) is 12.8 Å². The van der Waals surface area contributed by atoms with Crippen LogP contribution in [0.25, 0.3) is 0 Å². The van der Waals surface area contributed by atoms with Gasteiger partial charge in [-0.25, -0.2) is 0 Å². The van der Waals surface area contributed by atoms with Crippen molar-refractivity contribution in [1.29, 1.82) is 0 Å². The molecule has 0 aliphatic carbocycles. The predicted molar refractivity (Wildman–Crippen MR) is 216 cm³/mol. The Kier molecular flexibility index (Phi) is 44.0. The SMILES string of the molecule is CCCCCCCCCCCCCCCCCCCCCCCCOC(=O)CCCCCCCCCCCCCCCCCCCCC. The van der Waals surface area contributed by atoms with Gasteiger partial charge in [0.15, 0.2) is 0 Å². The molecule has 0 aromatic rings. The summed E-state index contributed by atoms with van der Waals surface area (Å²) in [5.41, 5.74) is 0. The van der Waals surface area contributed by atoms with Gasteiger partial charge < -0.3 is 4.74 Å². The van der Waals surface area contributed by atoms with Gasteiger partial charge in [0, 0.05) is 6.42 Å². The summed E-state index contributed by atoms with van der Waals surface area (Å²) >= 11 is 0. The van der Waals surface area contributed by atoms with Gasteiger partial charge in [-0.1, -0.05) is 264 Å². The number of esters is 1. The smallest absolute Gasteiger partial charge is 0.305 e. The molecule has 0 atom stereocenters. The molecule has 0 rings (SSSR count). The Hall–Kier alpha value is -0.530. The van der Waals surface area contributed by atoms with Crippen molar-refractivity contribution in [3.63, 3.8) is 0 Å². The van der Waals surface area contributed by atoms with Crippen molar-refractivity contribution >= 4 is 5.97 Å². The number of hydrogen-bond acceptors (Lipinski definition) is 2. The van der Waals surface area contributed by atoms with Gasteiger partial charge in [-0.15, -0.1) is 0 Å². The van der Waals surface area contributed by atoms with Gasteiger partial charge in [0.2, 0.25) is 0 Å². The average molecular weight is 677 g/mol. The fourth-order valence-corrected chi connectivity index (χ4v) is 7.32. The summed E-state index contributed by atoms with van der Waals surface area (Å²) in [5, 5.41) is 0. The highest BCUT2D eigenvalue weighted by Crippen LogP contribution is 2.17. The number of carbonyl (C=O) groups excluding carboxylic acids is 1. The van der Waals surface area contributed by atoms with Crippen LogP contribution < -0.4 is 0 Å². The van der Waals surface area contributed by atoms with Gasteiger partial charge >= 0.3 is 5.97 Å². The Morgan fingerprint density at radius 1 is 0.271 bits per heavy atom. The van der Waals surface area contributed by atoms with Crippen molar-refractivity contribution < 1.29 is 9.53 Å². The van der Waals surface area contributed by atoms with Gasteiger partial charge in [0.25, 0.3) is 0 Å². The van der Waals surface area contributed by atoms with E-state index in [9.17, 15) is 4.79 Å². The molecule has 0 heterocycles. The summed E-state index contributed by atoms with van der Waals surface area (Å²) in [6.07, 6.45) is 57.9. The molecule has 0 aromatic heterocycles. The average Bonchev–Trinajstić information content (AvgIpc) is 3.09. The highest BCUT2D eigenvalue weighted by molar-refractivity contribution is 5.69. The summed E-state index contributed by atoms with van der Waals surface area (Å²) < 4.78 is 5.48. The third-order valence-corrected chi connectivity index (χ3v) is 10.7. The van der Waals surface area contributed by atoms with Crippen molar-refractivity contribution in [2.45, 2.75) is 284 Å². The molecule has 0 radical (unpaired) electrons. The Morgan fingerprint density at radius 3 is 0.688 bits per heavy atom. The van der Waals surface area contributed by atoms with E-state index < -0.39 is 0 Å². The maximum Gasteiger partial charge on any atom is 0.305 e. The minimum atomic E-state index is 0.0328. The van der Waals surface area contributed by atoms with Crippen molar-refractivity contribution in [2.75, 3.05) is 6.61 Å². The summed E-state index contributed by atoms with van der Waals surface area (Å²) in [6.45, 7) is 5.24. The fraction of sp³-hybridized carbons (Fsp3) is 0.978. The lowest BCUT2D eigenvalue weighted by molar-refractivity contribution is -0.143. The topological polar surface area (TPSA) is 26.3 Å². The van der Waals surface area contributed by atoms with Crippen molar-refractivity contribution in [1.82, 2.24) is 0 Å². The molecule has 0 aliphatic heterocycles. The molecule has 0 unspecified atom stereocenters. The molecular weight excluding hydrogens is 585 g/mol. The molecule has 0 spiro atoms. The van der Waals surface area contributed by atoms with Crippen LogP contribution in [0, 0.1) is 0 Å². The number of hydrogen-bond donors (Lipinski definition) is 0. The van der Waals surface area contributed by atoms with E-state index in [2.05, 4.69) is 13.8 Å². The molecule has 0 aromatic carbocycles. The van der Waals surface area contributed by atoms with Crippen LogP contribution in [0.5, 0.6) is 0 Å². The van der Waals surface area contributed by atoms with E-state index in [0.29, 0.717) is 13.0 Å². The van der Waals surface area contributed by atoms with E-state index in [-0.39, 0.29) is 5.97 Å². The van der Waals surface area contributed by atoms with E-state index >= 15 is 0 Å². The van der Waals surface area contributed by atoms with Crippen LogP contribution in [0.15, 0.2) is 0 Å².